The van der Waals surface area contributed by atoms with E-state index in [4.69, 9.17) is 4.74 Å². The van der Waals surface area contributed by atoms with Crippen LogP contribution in [0.25, 0.3) is 0 Å². The summed E-state index contributed by atoms with van der Waals surface area (Å²) in [5, 5.41) is 10.7. The quantitative estimate of drug-likeness (QED) is 0.274. The molecule has 5 aliphatic rings. The minimum Gasteiger partial charge on any atom is -0.454 e. The second-order valence-electron chi connectivity index (χ2n) is 11.7. The van der Waals surface area contributed by atoms with Crippen molar-refractivity contribution >= 4 is 5.97 Å². The fraction of sp³-hybridized carbons (Fsp3) is 0.815. The molecule has 5 rings (SSSR count). The second-order valence-corrected chi connectivity index (χ2v) is 11.7. The topological polar surface area (TPSA) is 59.1 Å². The number of carbonyl (C=O) groups excluding carboxylic acids is 1. The maximum atomic E-state index is 12.7. The zero-order chi connectivity index (χ0) is 22.6. The summed E-state index contributed by atoms with van der Waals surface area (Å²) in [6, 6.07) is 0. The van der Waals surface area contributed by atoms with Crippen LogP contribution in [0.5, 0.6) is 0 Å². The normalized spacial score (nSPS) is 45.0. The Bertz CT molecular complexity index is 762. The molecule has 0 radical (unpaired) electrons. The molecule has 2 bridgehead atoms. The maximum Gasteiger partial charge on any atom is 0.333 e. The van der Waals surface area contributed by atoms with Crippen molar-refractivity contribution in [1.29, 1.82) is 0 Å². The summed E-state index contributed by atoms with van der Waals surface area (Å²) in [5.41, 5.74) is 2.06. The zero-order valence-electron chi connectivity index (χ0n) is 20.2. The Morgan fingerprint density at radius 2 is 1.81 bits per heavy atom. The molecule has 1 heterocycles. The van der Waals surface area contributed by atoms with Gasteiger partial charge in [0.25, 0.3) is 0 Å². The SMILES string of the molecule is C1CO1.C=C1[C@@H]2CCC3C4(C)CCC(O)C(C)(C)C4CCC3(C2)[C@@H]1OC(=O)C(C)=CC. The van der Waals surface area contributed by atoms with Crippen LogP contribution in [0.2, 0.25) is 0 Å². The number of aliphatic hydroxyl groups is 1. The summed E-state index contributed by atoms with van der Waals surface area (Å²) in [6.45, 7) is 17.2. The Morgan fingerprint density at radius 3 is 2.42 bits per heavy atom. The standard InChI is InChI=1S/C25H38O3.C2H4O/c1-7-15(2)22(27)28-21-16(3)17-8-9-19-24(6)12-11-20(26)23(4,5)18(24)10-13-25(19,21)14-17;1-2-3-1/h7,17-21,26H,3,8-14H2,1-2,4-6H3;1-2H2/t17-,18?,19?,20?,21-,24?,25?;/m1./s1. The lowest BCUT2D eigenvalue weighted by atomic mass is 9.40. The van der Waals surface area contributed by atoms with Crippen molar-refractivity contribution in [3.63, 3.8) is 0 Å². The van der Waals surface area contributed by atoms with Gasteiger partial charge in [0.2, 0.25) is 0 Å². The second kappa shape index (κ2) is 8.02. The van der Waals surface area contributed by atoms with Gasteiger partial charge in [-0.05, 0) is 93.0 Å². The molecule has 0 aromatic carbocycles. The summed E-state index contributed by atoms with van der Waals surface area (Å²) in [4.78, 5) is 12.7. The Hall–Kier alpha value is -1.13. The highest BCUT2D eigenvalue weighted by Gasteiger charge is 2.68. The number of carbonyl (C=O) groups is 1. The lowest BCUT2D eigenvalue weighted by Gasteiger charge is -2.65. The van der Waals surface area contributed by atoms with E-state index < -0.39 is 0 Å². The van der Waals surface area contributed by atoms with E-state index in [1.165, 1.54) is 12.8 Å². The highest BCUT2D eigenvalue weighted by atomic mass is 16.6. The molecule has 4 heteroatoms. The number of allylic oxidation sites excluding steroid dienone is 1. The van der Waals surface area contributed by atoms with Crippen LogP contribution in [-0.4, -0.2) is 36.5 Å². The molecule has 4 aliphatic carbocycles. The van der Waals surface area contributed by atoms with E-state index in [1.807, 2.05) is 19.9 Å². The van der Waals surface area contributed by atoms with Crippen molar-refractivity contribution in [1.82, 2.24) is 0 Å². The molecule has 1 saturated heterocycles. The number of ether oxygens (including phenoxy) is 2. The van der Waals surface area contributed by atoms with Gasteiger partial charge >= 0.3 is 5.97 Å². The first-order chi connectivity index (χ1) is 14.6. The van der Waals surface area contributed by atoms with Crippen LogP contribution >= 0.6 is 0 Å². The fourth-order valence-corrected chi connectivity index (χ4v) is 8.06. The lowest BCUT2D eigenvalue weighted by Crippen LogP contribution is -2.61. The molecule has 1 spiro atoms. The molecule has 4 saturated carbocycles. The third kappa shape index (κ3) is 3.62. The van der Waals surface area contributed by atoms with Gasteiger partial charge in [0.1, 0.15) is 6.10 Å². The van der Waals surface area contributed by atoms with E-state index in [-0.39, 0.29) is 34.4 Å². The first-order valence-corrected chi connectivity index (χ1v) is 12.4. The molecule has 0 aromatic heterocycles. The van der Waals surface area contributed by atoms with E-state index in [9.17, 15) is 9.90 Å². The summed E-state index contributed by atoms with van der Waals surface area (Å²) in [5.74, 6) is 1.39. The minimum atomic E-state index is -0.208. The number of rotatable bonds is 2. The van der Waals surface area contributed by atoms with E-state index in [2.05, 4.69) is 32.1 Å². The molecule has 1 N–H and O–H groups in total. The van der Waals surface area contributed by atoms with Gasteiger partial charge in [-0.15, -0.1) is 0 Å². The molecule has 0 amide bonds. The highest BCUT2D eigenvalue weighted by Crippen LogP contribution is 2.72. The van der Waals surface area contributed by atoms with Crippen LogP contribution in [0.3, 0.4) is 0 Å². The molecule has 1 aliphatic heterocycles. The van der Waals surface area contributed by atoms with Crippen LogP contribution in [0.15, 0.2) is 23.8 Å². The van der Waals surface area contributed by atoms with E-state index in [0.717, 1.165) is 50.9 Å². The largest absolute Gasteiger partial charge is 0.454 e. The van der Waals surface area contributed by atoms with Crippen LogP contribution in [-0.2, 0) is 14.3 Å². The molecule has 0 aromatic rings. The number of hydrogen-bond donors (Lipinski definition) is 1. The number of fused-ring (bicyclic) bond motifs is 3. The van der Waals surface area contributed by atoms with E-state index >= 15 is 0 Å². The zero-order valence-corrected chi connectivity index (χ0v) is 20.2. The van der Waals surface area contributed by atoms with Crippen molar-refractivity contribution in [3.8, 4) is 0 Å². The number of epoxide rings is 1. The predicted molar refractivity (Wildman–Crippen MR) is 122 cm³/mol. The third-order valence-electron chi connectivity index (χ3n) is 9.90. The lowest BCUT2D eigenvalue weighted by molar-refractivity contribution is -0.201. The molecule has 5 unspecified atom stereocenters. The van der Waals surface area contributed by atoms with Gasteiger partial charge < -0.3 is 14.6 Å². The summed E-state index contributed by atoms with van der Waals surface area (Å²) in [7, 11) is 0. The van der Waals surface area contributed by atoms with Crippen LogP contribution in [0, 0.1) is 34.0 Å². The van der Waals surface area contributed by atoms with E-state index in [1.54, 1.807) is 0 Å². The molecular formula is C27H42O4. The van der Waals surface area contributed by atoms with Gasteiger partial charge in [-0.2, -0.15) is 0 Å². The van der Waals surface area contributed by atoms with Crippen molar-refractivity contribution < 1.29 is 19.4 Å². The fourth-order valence-electron chi connectivity index (χ4n) is 8.06. The smallest absolute Gasteiger partial charge is 0.333 e. The Balaban J connectivity index is 0.000000710. The molecule has 7 atom stereocenters. The number of aliphatic hydroxyl groups excluding tert-OH is 1. The molecule has 31 heavy (non-hydrogen) atoms. The molecular weight excluding hydrogens is 388 g/mol. The van der Waals surface area contributed by atoms with Crippen LogP contribution in [0.1, 0.15) is 79.6 Å². The Labute approximate surface area is 188 Å². The van der Waals surface area contributed by atoms with Gasteiger partial charge in [-0.1, -0.05) is 33.4 Å². The Kier molecular flexibility index (Phi) is 5.96. The molecule has 4 nitrogen and oxygen atoms in total. The van der Waals surface area contributed by atoms with Crippen molar-refractivity contribution in [2.75, 3.05) is 13.2 Å². The maximum absolute atomic E-state index is 12.7. The number of hydrogen-bond acceptors (Lipinski definition) is 4. The average Bonchev–Trinajstić information content (AvgIpc) is 3.60. The van der Waals surface area contributed by atoms with Gasteiger partial charge in [0, 0.05) is 11.0 Å². The summed E-state index contributed by atoms with van der Waals surface area (Å²) in [6.07, 6.45) is 9.19. The monoisotopic (exact) mass is 430 g/mol. The summed E-state index contributed by atoms with van der Waals surface area (Å²) >= 11 is 0. The van der Waals surface area contributed by atoms with Gasteiger partial charge in [-0.3, -0.25) is 0 Å². The highest BCUT2D eigenvalue weighted by molar-refractivity contribution is 5.88. The van der Waals surface area contributed by atoms with Crippen LogP contribution < -0.4 is 0 Å². The predicted octanol–water partition coefficient (Wildman–Crippen LogP) is 5.45. The molecule has 174 valence electrons. The third-order valence-corrected chi connectivity index (χ3v) is 9.90. The minimum absolute atomic E-state index is 0.0468. The number of esters is 1. The van der Waals surface area contributed by atoms with Gasteiger partial charge in [-0.25, -0.2) is 4.79 Å². The van der Waals surface area contributed by atoms with Gasteiger partial charge in [0.15, 0.2) is 0 Å². The van der Waals surface area contributed by atoms with Crippen LogP contribution in [0.4, 0.5) is 0 Å². The van der Waals surface area contributed by atoms with Crippen molar-refractivity contribution in [2.24, 2.45) is 34.0 Å². The van der Waals surface area contributed by atoms with Crippen molar-refractivity contribution in [3.05, 3.63) is 23.8 Å². The van der Waals surface area contributed by atoms with Gasteiger partial charge in [0.05, 0.1) is 19.3 Å². The van der Waals surface area contributed by atoms with Crippen molar-refractivity contribution in [2.45, 2.75) is 91.8 Å². The first-order valence-electron chi connectivity index (χ1n) is 12.4. The average molecular weight is 431 g/mol. The first kappa shape index (κ1) is 23.0. The van der Waals surface area contributed by atoms with E-state index in [0.29, 0.717) is 23.3 Å². The summed E-state index contributed by atoms with van der Waals surface area (Å²) < 4.78 is 10.7. The molecule has 5 fully saturated rings. The Morgan fingerprint density at radius 1 is 1.13 bits per heavy atom.